The van der Waals surface area contributed by atoms with Crippen molar-refractivity contribution in [1.82, 2.24) is 9.97 Å². The molecule has 2 aromatic rings. The van der Waals surface area contributed by atoms with Gasteiger partial charge in [-0.1, -0.05) is 23.2 Å². The zero-order valence-corrected chi connectivity index (χ0v) is 10.3. The van der Waals surface area contributed by atoms with Gasteiger partial charge in [-0.05, 0) is 18.2 Å². The molecule has 0 aliphatic rings. The van der Waals surface area contributed by atoms with Crippen molar-refractivity contribution in [3.05, 3.63) is 46.3 Å². The summed E-state index contributed by atoms with van der Waals surface area (Å²) in [5, 5.41) is 9.47. The van der Waals surface area contributed by atoms with E-state index in [1.165, 1.54) is 12.3 Å². The maximum Gasteiger partial charge on any atom is 0.356 e. The molecule has 0 spiro atoms. The molecule has 1 N–H and O–H groups in total. The summed E-state index contributed by atoms with van der Waals surface area (Å²) < 4.78 is 5.34. The average Bonchev–Trinajstić information content (AvgIpc) is 2.33. The van der Waals surface area contributed by atoms with Crippen molar-refractivity contribution in [3.63, 3.8) is 0 Å². The molecule has 0 radical (unpaired) electrons. The number of aromatic carboxylic acids is 1. The van der Waals surface area contributed by atoms with Gasteiger partial charge in [-0.15, -0.1) is 0 Å². The average molecular weight is 285 g/mol. The van der Waals surface area contributed by atoms with Crippen LogP contribution in [-0.4, -0.2) is 21.0 Å². The second-order valence-corrected chi connectivity index (χ2v) is 4.07. The van der Waals surface area contributed by atoms with Crippen LogP contribution in [0.1, 0.15) is 10.5 Å². The number of hydrogen-bond acceptors (Lipinski definition) is 4. The highest BCUT2D eigenvalue weighted by Gasteiger charge is 2.08. The van der Waals surface area contributed by atoms with E-state index in [0.717, 1.165) is 6.20 Å². The van der Waals surface area contributed by atoms with Crippen LogP contribution >= 0.6 is 23.2 Å². The second kappa shape index (κ2) is 5.20. The van der Waals surface area contributed by atoms with E-state index in [9.17, 15) is 4.79 Å². The number of aromatic nitrogens is 2. The Morgan fingerprint density at radius 2 is 2.00 bits per heavy atom. The summed E-state index contributed by atoms with van der Waals surface area (Å²) in [6.45, 7) is 0. The standard InChI is InChI=1S/C11H6Cl2N2O3/c12-6-1-2-9(7(13)3-6)18-10-5-14-8(4-15-10)11(16)17/h1-5H,(H,16,17). The fourth-order valence-corrected chi connectivity index (χ4v) is 1.60. The minimum Gasteiger partial charge on any atom is -0.476 e. The molecule has 0 saturated carbocycles. The molecular weight excluding hydrogens is 279 g/mol. The first-order valence-corrected chi connectivity index (χ1v) is 5.50. The van der Waals surface area contributed by atoms with E-state index in [-0.39, 0.29) is 11.6 Å². The second-order valence-electron chi connectivity index (χ2n) is 3.22. The van der Waals surface area contributed by atoms with Gasteiger partial charge in [0.05, 0.1) is 17.4 Å². The monoisotopic (exact) mass is 284 g/mol. The van der Waals surface area contributed by atoms with Crippen molar-refractivity contribution >= 4 is 29.2 Å². The lowest BCUT2D eigenvalue weighted by molar-refractivity contribution is 0.0690. The number of halogens is 2. The van der Waals surface area contributed by atoms with Gasteiger partial charge in [0.15, 0.2) is 5.69 Å². The van der Waals surface area contributed by atoms with Crippen molar-refractivity contribution in [2.75, 3.05) is 0 Å². The van der Waals surface area contributed by atoms with Crippen molar-refractivity contribution in [1.29, 1.82) is 0 Å². The number of benzene rings is 1. The first-order valence-electron chi connectivity index (χ1n) is 4.74. The summed E-state index contributed by atoms with van der Waals surface area (Å²) in [7, 11) is 0. The van der Waals surface area contributed by atoms with E-state index < -0.39 is 5.97 Å². The molecule has 7 heteroatoms. The lowest BCUT2D eigenvalue weighted by atomic mass is 10.3. The lowest BCUT2D eigenvalue weighted by Crippen LogP contribution is -2.01. The summed E-state index contributed by atoms with van der Waals surface area (Å²) in [5.41, 5.74) is -0.162. The summed E-state index contributed by atoms with van der Waals surface area (Å²) >= 11 is 11.7. The summed E-state index contributed by atoms with van der Waals surface area (Å²) in [6, 6.07) is 4.72. The molecule has 18 heavy (non-hydrogen) atoms. The Morgan fingerprint density at radius 3 is 2.56 bits per heavy atom. The van der Waals surface area contributed by atoms with Crippen LogP contribution in [0.5, 0.6) is 11.6 Å². The van der Waals surface area contributed by atoms with Gasteiger partial charge in [0.1, 0.15) is 5.75 Å². The zero-order valence-electron chi connectivity index (χ0n) is 8.80. The van der Waals surface area contributed by atoms with E-state index in [0.29, 0.717) is 15.8 Å². The van der Waals surface area contributed by atoms with E-state index >= 15 is 0 Å². The van der Waals surface area contributed by atoms with Gasteiger partial charge >= 0.3 is 5.97 Å². The van der Waals surface area contributed by atoms with E-state index in [1.807, 2.05) is 0 Å². The van der Waals surface area contributed by atoms with Crippen LogP contribution in [0.3, 0.4) is 0 Å². The predicted octanol–water partition coefficient (Wildman–Crippen LogP) is 3.27. The summed E-state index contributed by atoms with van der Waals surface area (Å²) in [6.07, 6.45) is 2.30. The molecule has 5 nitrogen and oxygen atoms in total. The Labute approximate surface area is 112 Å². The number of carbonyl (C=O) groups is 1. The molecule has 0 amide bonds. The minimum atomic E-state index is -1.15. The minimum absolute atomic E-state index is 0.143. The van der Waals surface area contributed by atoms with Crippen molar-refractivity contribution in [2.24, 2.45) is 0 Å². The van der Waals surface area contributed by atoms with Gasteiger partial charge in [0.2, 0.25) is 5.88 Å². The summed E-state index contributed by atoms with van der Waals surface area (Å²) in [4.78, 5) is 18.1. The largest absolute Gasteiger partial charge is 0.476 e. The van der Waals surface area contributed by atoms with Gasteiger partial charge in [0.25, 0.3) is 0 Å². The highest BCUT2D eigenvalue weighted by molar-refractivity contribution is 6.35. The molecule has 0 aliphatic carbocycles. The first kappa shape index (κ1) is 12.6. The molecule has 0 fully saturated rings. The Balaban J connectivity index is 2.21. The smallest absolute Gasteiger partial charge is 0.356 e. The molecule has 0 atom stereocenters. The molecule has 1 aromatic carbocycles. The molecule has 0 saturated heterocycles. The molecule has 1 aromatic heterocycles. The highest BCUT2D eigenvalue weighted by atomic mass is 35.5. The normalized spacial score (nSPS) is 10.1. The Hall–Kier alpha value is -1.85. The number of nitrogens with zero attached hydrogens (tertiary/aromatic N) is 2. The number of carboxylic acid groups (broad SMARTS) is 1. The molecule has 0 unspecified atom stereocenters. The number of ether oxygens (including phenoxy) is 1. The van der Waals surface area contributed by atoms with Crippen molar-refractivity contribution in [2.45, 2.75) is 0 Å². The summed E-state index contributed by atoms with van der Waals surface area (Å²) in [5.74, 6) is -0.652. The number of hydrogen-bond donors (Lipinski definition) is 1. The number of carboxylic acids is 1. The van der Waals surface area contributed by atoms with Crippen LogP contribution < -0.4 is 4.74 Å². The maximum absolute atomic E-state index is 10.6. The Bertz CT molecular complexity index is 587. The third kappa shape index (κ3) is 2.88. The maximum atomic E-state index is 10.6. The lowest BCUT2D eigenvalue weighted by Gasteiger charge is -2.06. The molecule has 1 heterocycles. The first-order chi connectivity index (χ1) is 8.56. The fourth-order valence-electron chi connectivity index (χ4n) is 1.15. The van der Waals surface area contributed by atoms with Crippen LogP contribution in [0.15, 0.2) is 30.6 Å². The zero-order chi connectivity index (χ0) is 13.1. The van der Waals surface area contributed by atoms with E-state index in [1.54, 1.807) is 12.1 Å². The fraction of sp³-hybridized carbons (Fsp3) is 0. The van der Waals surface area contributed by atoms with Crippen LogP contribution in [0.25, 0.3) is 0 Å². The van der Waals surface area contributed by atoms with Crippen molar-refractivity contribution < 1.29 is 14.6 Å². The Morgan fingerprint density at radius 1 is 1.22 bits per heavy atom. The number of rotatable bonds is 3. The molecule has 92 valence electrons. The van der Waals surface area contributed by atoms with Crippen LogP contribution in [0.2, 0.25) is 10.0 Å². The van der Waals surface area contributed by atoms with Crippen LogP contribution in [0.4, 0.5) is 0 Å². The Kier molecular flexibility index (Phi) is 3.64. The van der Waals surface area contributed by atoms with Gasteiger partial charge < -0.3 is 9.84 Å². The quantitative estimate of drug-likeness (QED) is 0.936. The van der Waals surface area contributed by atoms with Crippen molar-refractivity contribution in [3.8, 4) is 11.6 Å². The SMILES string of the molecule is O=C(O)c1cnc(Oc2ccc(Cl)cc2Cl)cn1. The highest BCUT2D eigenvalue weighted by Crippen LogP contribution is 2.30. The van der Waals surface area contributed by atoms with E-state index in [2.05, 4.69) is 9.97 Å². The van der Waals surface area contributed by atoms with E-state index in [4.69, 9.17) is 33.0 Å². The third-order valence-electron chi connectivity index (χ3n) is 1.96. The van der Waals surface area contributed by atoms with Gasteiger partial charge in [-0.3, -0.25) is 0 Å². The predicted molar refractivity (Wildman–Crippen MR) is 65.5 cm³/mol. The van der Waals surface area contributed by atoms with Gasteiger partial charge in [-0.25, -0.2) is 14.8 Å². The molecule has 2 rings (SSSR count). The molecule has 0 aliphatic heterocycles. The third-order valence-corrected chi connectivity index (χ3v) is 2.49. The topological polar surface area (TPSA) is 72.3 Å². The van der Waals surface area contributed by atoms with Gasteiger partial charge in [0, 0.05) is 5.02 Å². The van der Waals surface area contributed by atoms with Crippen LogP contribution in [-0.2, 0) is 0 Å². The van der Waals surface area contributed by atoms with Gasteiger partial charge in [-0.2, -0.15) is 0 Å². The molecule has 0 bridgehead atoms. The van der Waals surface area contributed by atoms with Crippen LogP contribution in [0, 0.1) is 0 Å². The molecular formula is C11H6Cl2N2O3.